The zero-order valence-electron chi connectivity index (χ0n) is 10.2. The molecule has 1 aromatic rings. The van der Waals surface area contributed by atoms with Crippen LogP contribution in [0.2, 0.25) is 0 Å². The average molecular weight is 241 g/mol. The highest BCUT2D eigenvalue weighted by Gasteiger charge is 2.15. The van der Waals surface area contributed by atoms with Crippen LogP contribution in [0.15, 0.2) is 17.5 Å². The maximum atomic E-state index is 11.6. The number of amides is 1. The molecule has 1 N–H and O–H groups in total. The summed E-state index contributed by atoms with van der Waals surface area (Å²) < 4.78 is 5.40. The van der Waals surface area contributed by atoms with Crippen molar-refractivity contribution >= 4 is 17.2 Å². The van der Waals surface area contributed by atoms with Crippen molar-refractivity contribution in [3.8, 4) is 0 Å². The summed E-state index contributed by atoms with van der Waals surface area (Å²) in [6.45, 7) is 7.88. The van der Waals surface area contributed by atoms with Gasteiger partial charge in [-0.25, -0.2) is 0 Å². The Balaban J connectivity index is 2.35. The normalized spacial score (nSPS) is 13.5. The molecule has 0 saturated heterocycles. The first-order valence-corrected chi connectivity index (χ1v) is 6.23. The zero-order chi connectivity index (χ0) is 12.2. The summed E-state index contributed by atoms with van der Waals surface area (Å²) in [5.74, 6) is -0.0733. The van der Waals surface area contributed by atoms with Crippen molar-refractivity contribution in [3.63, 3.8) is 0 Å². The van der Waals surface area contributed by atoms with E-state index < -0.39 is 0 Å². The molecule has 0 bridgehead atoms. The second-order valence-electron chi connectivity index (χ2n) is 4.71. The van der Waals surface area contributed by atoms with Gasteiger partial charge in [-0.1, -0.05) is 6.07 Å². The Labute approximate surface area is 101 Å². The number of thiophene rings is 1. The smallest absolute Gasteiger partial charge is 0.246 e. The van der Waals surface area contributed by atoms with Crippen molar-refractivity contribution in [2.75, 3.05) is 6.61 Å². The van der Waals surface area contributed by atoms with Crippen molar-refractivity contribution in [1.29, 1.82) is 0 Å². The molecule has 1 rings (SSSR count). The standard InChI is InChI=1S/C12H19NO2S/c1-9(10-6-5-7-16-10)13-11(14)8-15-12(2,3)4/h5-7,9H,8H2,1-4H3,(H,13,14). The number of hydrogen-bond acceptors (Lipinski definition) is 3. The molecule has 1 heterocycles. The third kappa shape index (κ3) is 4.77. The first kappa shape index (κ1) is 13.2. The van der Waals surface area contributed by atoms with E-state index in [4.69, 9.17) is 4.74 Å². The molecule has 16 heavy (non-hydrogen) atoms. The summed E-state index contributed by atoms with van der Waals surface area (Å²) in [4.78, 5) is 12.7. The molecule has 0 aliphatic rings. The van der Waals surface area contributed by atoms with E-state index in [2.05, 4.69) is 5.32 Å². The average Bonchev–Trinajstić information content (AvgIpc) is 2.66. The van der Waals surface area contributed by atoms with Crippen molar-refractivity contribution in [3.05, 3.63) is 22.4 Å². The Bertz CT molecular complexity index is 327. The molecule has 90 valence electrons. The van der Waals surface area contributed by atoms with E-state index in [1.165, 1.54) is 0 Å². The van der Waals surface area contributed by atoms with Gasteiger partial charge in [-0.15, -0.1) is 11.3 Å². The molecule has 0 radical (unpaired) electrons. The number of hydrogen-bond donors (Lipinski definition) is 1. The second kappa shape index (κ2) is 5.46. The first-order valence-electron chi connectivity index (χ1n) is 5.35. The molecule has 0 aromatic carbocycles. The van der Waals surface area contributed by atoms with Crippen molar-refractivity contribution in [2.45, 2.75) is 39.3 Å². The number of ether oxygens (including phenoxy) is 1. The summed E-state index contributed by atoms with van der Waals surface area (Å²) in [6.07, 6.45) is 0. The third-order valence-corrected chi connectivity index (χ3v) is 3.04. The van der Waals surface area contributed by atoms with Crippen LogP contribution in [0, 0.1) is 0 Å². The maximum Gasteiger partial charge on any atom is 0.246 e. The van der Waals surface area contributed by atoms with Crippen LogP contribution in [0.5, 0.6) is 0 Å². The van der Waals surface area contributed by atoms with Crippen LogP contribution in [-0.4, -0.2) is 18.1 Å². The summed E-state index contributed by atoms with van der Waals surface area (Å²) in [7, 11) is 0. The lowest BCUT2D eigenvalue weighted by atomic mass is 10.2. The summed E-state index contributed by atoms with van der Waals surface area (Å²) in [6, 6.07) is 4.05. The lowest BCUT2D eigenvalue weighted by Gasteiger charge is -2.20. The van der Waals surface area contributed by atoms with E-state index in [9.17, 15) is 4.79 Å². The van der Waals surface area contributed by atoms with Gasteiger partial charge in [0, 0.05) is 4.88 Å². The summed E-state index contributed by atoms with van der Waals surface area (Å²) in [5, 5.41) is 4.90. The highest BCUT2D eigenvalue weighted by molar-refractivity contribution is 7.10. The predicted octanol–water partition coefficient (Wildman–Crippen LogP) is 2.74. The number of carbonyl (C=O) groups excluding carboxylic acids is 1. The molecule has 1 amide bonds. The van der Waals surface area contributed by atoms with Crippen LogP contribution in [-0.2, 0) is 9.53 Å². The van der Waals surface area contributed by atoms with E-state index in [0.29, 0.717) is 0 Å². The first-order chi connectivity index (χ1) is 7.38. The SMILES string of the molecule is CC(NC(=O)COC(C)(C)C)c1cccs1. The van der Waals surface area contributed by atoms with E-state index >= 15 is 0 Å². The van der Waals surface area contributed by atoms with Crippen LogP contribution in [0.3, 0.4) is 0 Å². The fraction of sp³-hybridized carbons (Fsp3) is 0.583. The summed E-state index contributed by atoms with van der Waals surface area (Å²) >= 11 is 1.64. The minimum Gasteiger partial charge on any atom is -0.366 e. The van der Waals surface area contributed by atoms with E-state index in [0.717, 1.165) is 4.88 Å². The Morgan fingerprint density at radius 1 is 1.56 bits per heavy atom. The molecule has 0 saturated carbocycles. The third-order valence-electron chi connectivity index (χ3n) is 1.98. The van der Waals surface area contributed by atoms with E-state index in [1.807, 2.05) is 45.2 Å². The molecule has 1 aromatic heterocycles. The maximum absolute atomic E-state index is 11.6. The minimum atomic E-state index is -0.274. The molecular weight excluding hydrogens is 222 g/mol. The fourth-order valence-electron chi connectivity index (χ4n) is 1.17. The quantitative estimate of drug-likeness (QED) is 0.880. The van der Waals surface area contributed by atoms with Crippen molar-refractivity contribution in [1.82, 2.24) is 5.32 Å². The van der Waals surface area contributed by atoms with Crippen LogP contribution in [0.1, 0.15) is 38.6 Å². The summed E-state index contributed by atoms with van der Waals surface area (Å²) in [5.41, 5.74) is -0.274. The molecule has 1 unspecified atom stereocenters. The topological polar surface area (TPSA) is 38.3 Å². The van der Waals surface area contributed by atoms with Gasteiger partial charge in [0.05, 0.1) is 11.6 Å². The molecule has 4 heteroatoms. The van der Waals surface area contributed by atoms with Gasteiger partial charge in [0.2, 0.25) is 5.91 Å². The number of rotatable bonds is 4. The molecule has 1 atom stereocenters. The highest BCUT2D eigenvalue weighted by atomic mass is 32.1. The lowest BCUT2D eigenvalue weighted by molar-refractivity contribution is -0.131. The molecule has 0 aliphatic carbocycles. The van der Waals surface area contributed by atoms with Gasteiger partial charge in [-0.2, -0.15) is 0 Å². The predicted molar refractivity (Wildman–Crippen MR) is 66.6 cm³/mol. The second-order valence-corrected chi connectivity index (χ2v) is 5.68. The number of carbonyl (C=O) groups is 1. The fourth-order valence-corrected chi connectivity index (χ4v) is 1.91. The molecule has 0 spiro atoms. The van der Waals surface area contributed by atoms with Crippen LogP contribution < -0.4 is 5.32 Å². The highest BCUT2D eigenvalue weighted by Crippen LogP contribution is 2.17. The Hall–Kier alpha value is -0.870. The van der Waals surface area contributed by atoms with Crippen LogP contribution in [0.25, 0.3) is 0 Å². The van der Waals surface area contributed by atoms with Gasteiger partial charge in [-0.05, 0) is 39.1 Å². The van der Waals surface area contributed by atoms with Gasteiger partial charge in [-0.3, -0.25) is 4.79 Å². The van der Waals surface area contributed by atoms with Crippen LogP contribution >= 0.6 is 11.3 Å². The zero-order valence-corrected chi connectivity index (χ0v) is 11.1. The van der Waals surface area contributed by atoms with Crippen LogP contribution in [0.4, 0.5) is 0 Å². The Morgan fingerprint density at radius 3 is 2.75 bits per heavy atom. The number of nitrogens with one attached hydrogen (secondary N) is 1. The minimum absolute atomic E-state index is 0.0519. The van der Waals surface area contributed by atoms with Crippen molar-refractivity contribution < 1.29 is 9.53 Å². The molecule has 3 nitrogen and oxygen atoms in total. The molecule has 0 aliphatic heterocycles. The van der Waals surface area contributed by atoms with Crippen molar-refractivity contribution in [2.24, 2.45) is 0 Å². The van der Waals surface area contributed by atoms with Gasteiger partial charge in [0.25, 0.3) is 0 Å². The monoisotopic (exact) mass is 241 g/mol. The van der Waals surface area contributed by atoms with Gasteiger partial charge < -0.3 is 10.1 Å². The molecule has 0 fully saturated rings. The van der Waals surface area contributed by atoms with Gasteiger partial charge in [0.15, 0.2) is 0 Å². The Morgan fingerprint density at radius 2 is 2.25 bits per heavy atom. The van der Waals surface area contributed by atoms with Gasteiger partial charge >= 0.3 is 0 Å². The van der Waals surface area contributed by atoms with Gasteiger partial charge in [0.1, 0.15) is 6.61 Å². The Kier molecular flexibility index (Phi) is 4.50. The van der Waals surface area contributed by atoms with E-state index in [1.54, 1.807) is 11.3 Å². The molecular formula is C12H19NO2S. The largest absolute Gasteiger partial charge is 0.366 e. The van der Waals surface area contributed by atoms with E-state index in [-0.39, 0.29) is 24.2 Å². The lowest BCUT2D eigenvalue weighted by Crippen LogP contribution is -2.33.